The van der Waals surface area contributed by atoms with Gasteiger partial charge < -0.3 is 14.8 Å². The number of nitrogens with zero attached hydrogens (tertiary/aromatic N) is 1. The van der Waals surface area contributed by atoms with Crippen molar-refractivity contribution in [2.24, 2.45) is 5.92 Å². The summed E-state index contributed by atoms with van der Waals surface area (Å²) in [5.41, 5.74) is 0.364. The molecule has 2 heterocycles. The second-order valence-corrected chi connectivity index (χ2v) is 7.05. The summed E-state index contributed by atoms with van der Waals surface area (Å²) in [6.07, 6.45) is 0. The number of benzene rings is 2. The number of rotatable bonds is 3. The van der Waals surface area contributed by atoms with Crippen LogP contribution in [0.3, 0.4) is 0 Å². The molecule has 1 saturated heterocycles. The van der Waals surface area contributed by atoms with Crippen LogP contribution in [0.4, 0.5) is 10.1 Å². The highest BCUT2D eigenvalue weighted by Crippen LogP contribution is 2.49. The fraction of sp³-hybridized carbons (Fsp3) is 0.300. The van der Waals surface area contributed by atoms with Crippen molar-refractivity contribution >= 4 is 29.0 Å². The second kappa shape index (κ2) is 6.49. The Morgan fingerprint density at radius 1 is 1.30 bits per heavy atom. The average Bonchev–Trinajstić information content (AvgIpc) is 2.62. The summed E-state index contributed by atoms with van der Waals surface area (Å²) >= 11 is 5.59. The first-order chi connectivity index (χ1) is 13.0. The van der Waals surface area contributed by atoms with E-state index in [9.17, 15) is 9.18 Å². The summed E-state index contributed by atoms with van der Waals surface area (Å²) < 4.78 is 25.1. The molecule has 1 N–H and O–H groups in total. The topological polar surface area (TPSA) is 50.8 Å². The van der Waals surface area contributed by atoms with Gasteiger partial charge in [-0.1, -0.05) is 18.2 Å². The maximum Gasteiger partial charge on any atom is 0.317 e. The Kier molecular flexibility index (Phi) is 4.26. The van der Waals surface area contributed by atoms with E-state index >= 15 is 0 Å². The van der Waals surface area contributed by atoms with Gasteiger partial charge in [-0.3, -0.25) is 9.69 Å². The zero-order chi connectivity index (χ0) is 19.2. The van der Waals surface area contributed by atoms with Gasteiger partial charge >= 0.3 is 5.97 Å². The van der Waals surface area contributed by atoms with Crippen LogP contribution in [0.2, 0.25) is 0 Å². The van der Waals surface area contributed by atoms with E-state index in [0.717, 1.165) is 5.56 Å². The van der Waals surface area contributed by atoms with E-state index in [1.54, 1.807) is 24.0 Å². The standard InChI is InChI=1S/C20H19FN2O3S/c1-3-25-18(24)16-17-14-6-4-5-7-15(14)26-20(16,2)23(19(27)22-17)13-10-8-12(21)9-11-13/h4-11,16-17H,3H2,1-2H3,(H,22,27)/t16-,17-,20-/m0/s1. The number of hydrogen-bond donors (Lipinski definition) is 1. The van der Waals surface area contributed by atoms with E-state index in [-0.39, 0.29) is 24.4 Å². The number of carbonyl (C=O) groups is 1. The number of fused-ring (bicyclic) bond motifs is 4. The first kappa shape index (κ1) is 17.7. The quantitative estimate of drug-likeness (QED) is 0.643. The molecule has 7 heteroatoms. The first-order valence-electron chi connectivity index (χ1n) is 8.76. The maximum absolute atomic E-state index is 13.4. The van der Waals surface area contributed by atoms with Gasteiger partial charge in [-0.15, -0.1) is 0 Å². The molecular formula is C20H19FN2O3S. The lowest BCUT2D eigenvalue weighted by molar-refractivity contribution is -0.159. The minimum absolute atomic E-state index is 0.265. The van der Waals surface area contributed by atoms with Crippen molar-refractivity contribution in [1.82, 2.24) is 5.32 Å². The van der Waals surface area contributed by atoms with Crippen LogP contribution in [0.1, 0.15) is 25.5 Å². The monoisotopic (exact) mass is 386 g/mol. The molecule has 4 rings (SSSR count). The fourth-order valence-corrected chi connectivity index (χ4v) is 4.31. The van der Waals surface area contributed by atoms with Crippen molar-refractivity contribution in [3.63, 3.8) is 0 Å². The third-order valence-corrected chi connectivity index (χ3v) is 5.33. The van der Waals surface area contributed by atoms with Crippen molar-refractivity contribution in [2.45, 2.75) is 25.6 Å². The third-order valence-electron chi connectivity index (χ3n) is 5.03. The van der Waals surface area contributed by atoms with Crippen LogP contribution < -0.4 is 15.0 Å². The number of nitrogens with one attached hydrogen (secondary N) is 1. The van der Waals surface area contributed by atoms with Crippen LogP contribution >= 0.6 is 12.2 Å². The largest absolute Gasteiger partial charge is 0.466 e. The molecule has 27 heavy (non-hydrogen) atoms. The number of hydrogen-bond acceptors (Lipinski definition) is 4. The smallest absolute Gasteiger partial charge is 0.317 e. The molecule has 2 bridgehead atoms. The zero-order valence-electron chi connectivity index (χ0n) is 14.9. The van der Waals surface area contributed by atoms with Gasteiger partial charge in [-0.25, -0.2) is 4.39 Å². The molecule has 1 fully saturated rings. The van der Waals surface area contributed by atoms with Crippen LogP contribution in [-0.2, 0) is 9.53 Å². The van der Waals surface area contributed by atoms with E-state index in [2.05, 4.69) is 5.32 Å². The number of carbonyl (C=O) groups excluding carboxylic acids is 1. The van der Waals surface area contributed by atoms with Gasteiger partial charge in [0.25, 0.3) is 0 Å². The van der Waals surface area contributed by atoms with Crippen molar-refractivity contribution in [2.75, 3.05) is 11.5 Å². The van der Waals surface area contributed by atoms with Crippen LogP contribution in [0.15, 0.2) is 48.5 Å². The van der Waals surface area contributed by atoms with Gasteiger partial charge in [0.2, 0.25) is 5.72 Å². The minimum atomic E-state index is -1.12. The van der Waals surface area contributed by atoms with E-state index in [1.807, 2.05) is 31.2 Å². The molecule has 0 aliphatic carbocycles. The van der Waals surface area contributed by atoms with Gasteiger partial charge in [0.05, 0.1) is 12.6 Å². The molecular weight excluding hydrogens is 367 g/mol. The Morgan fingerprint density at radius 3 is 2.70 bits per heavy atom. The molecule has 2 aromatic rings. The molecule has 0 radical (unpaired) electrons. The molecule has 0 amide bonds. The van der Waals surface area contributed by atoms with Crippen LogP contribution in [0.5, 0.6) is 5.75 Å². The summed E-state index contributed by atoms with van der Waals surface area (Å²) in [6.45, 7) is 3.85. The van der Waals surface area contributed by atoms with Crippen LogP contribution in [-0.4, -0.2) is 23.4 Å². The van der Waals surface area contributed by atoms with Gasteiger partial charge in [0.15, 0.2) is 5.11 Å². The molecule has 0 saturated carbocycles. The normalized spacial score (nSPS) is 25.9. The molecule has 2 aliphatic rings. The summed E-state index contributed by atoms with van der Waals surface area (Å²) in [4.78, 5) is 14.6. The lowest BCUT2D eigenvalue weighted by Crippen LogP contribution is -2.71. The predicted octanol–water partition coefficient (Wildman–Crippen LogP) is 3.55. The Bertz CT molecular complexity index is 904. The highest BCUT2D eigenvalue weighted by atomic mass is 32.1. The van der Waals surface area contributed by atoms with Crippen molar-refractivity contribution < 1.29 is 18.7 Å². The third kappa shape index (κ3) is 2.73. The van der Waals surface area contributed by atoms with E-state index < -0.39 is 11.6 Å². The highest BCUT2D eigenvalue weighted by molar-refractivity contribution is 7.80. The molecule has 2 aromatic carbocycles. The Hall–Kier alpha value is -2.67. The lowest BCUT2D eigenvalue weighted by Gasteiger charge is -2.55. The fourth-order valence-electron chi connectivity index (χ4n) is 3.90. The van der Waals surface area contributed by atoms with Crippen LogP contribution in [0, 0.1) is 11.7 Å². The average molecular weight is 386 g/mol. The molecule has 3 atom stereocenters. The summed E-state index contributed by atoms with van der Waals surface area (Å²) in [7, 11) is 0. The zero-order valence-corrected chi connectivity index (χ0v) is 15.8. The van der Waals surface area contributed by atoms with Crippen molar-refractivity contribution in [3.05, 3.63) is 59.9 Å². The lowest BCUT2D eigenvalue weighted by atomic mass is 9.79. The number of ether oxygens (including phenoxy) is 2. The van der Waals surface area contributed by atoms with E-state index in [4.69, 9.17) is 21.7 Å². The van der Waals surface area contributed by atoms with Crippen LogP contribution in [0.25, 0.3) is 0 Å². The van der Waals surface area contributed by atoms with Crippen molar-refractivity contribution in [3.8, 4) is 5.75 Å². The number of para-hydroxylation sites is 1. The number of halogens is 1. The summed E-state index contributed by atoms with van der Waals surface area (Å²) in [5, 5.41) is 3.67. The SMILES string of the molecule is CCOC(=O)[C@@H]1[C@H]2NC(=S)N(c3ccc(F)cc3)[C@@]1(C)Oc1ccccc12. The molecule has 140 valence electrons. The van der Waals surface area contributed by atoms with E-state index in [0.29, 0.717) is 16.5 Å². The van der Waals surface area contributed by atoms with E-state index in [1.165, 1.54) is 12.1 Å². The minimum Gasteiger partial charge on any atom is -0.466 e. The number of esters is 1. The highest BCUT2D eigenvalue weighted by Gasteiger charge is 2.59. The maximum atomic E-state index is 13.4. The summed E-state index contributed by atoms with van der Waals surface area (Å²) in [6, 6.07) is 13.1. The van der Waals surface area contributed by atoms with Crippen molar-refractivity contribution in [1.29, 1.82) is 0 Å². The number of anilines is 1. The van der Waals surface area contributed by atoms with Gasteiger partial charge in [-0.2, -0.15) is 0 Å². The predicted molar refractivity (Wildman–Crippen MR) is 103 cm³/mol. The molecule has 0 spiro atoms. The Labute approximate surface area is 162 Å². The van der Waals surface area contributed by atoms with Gasteiger partial charge in [0.1, 0.15) is 17.5 Å². The molecule has 5 nitrogen and oxygen atoms in total. The summed E-state index contributed by atoms with van der Waals surface area (Å²) in [5.74, 6) is -0.715. The van der Waals surface area contributed by atoms with Gasteiger partial charge in [-0.05, 0) is 56.4 Å². The molecule has 0 aromatic heterocycles. The first-order valence-corrected chi connectivity index (χ1v) is 9.17. The molecule has 0 unspecified atom stereocenters. The second-order valence-electron chi connectivity index (χ2n) is 6.66. The Morgan fingerprint density at radius 2 is 2.00 bits per heavy atom. The number of thiocarbonyl (C=S) groups is 1. The Balaban J connectivity index is 1.88. The molecule has 2 aliphatic heterocycles. The van der Waals surface area contributed by atoms with Gasteiger partial charge in [0, 0.05) is 11.3 Å².